The first-order valence-electron chi connectivity index (χ1n) is 6.81. The van der Waals surface area contributed by atoms with Gasteiger partial charge < -0.3 is 4.90 Å². The Bertz CT molecular complexity index is 482. The Kier molecular flexibility index (Phi) is 6.24. The Hall–Kier alpha value is -0.380. The zero-order valence-electron chi connectivity index (χ0n) is 12.8. The Labute approximate surface area is 135 Å². The molecule has 4 heteroatoms. The first kappa shape index (κ1) is 17.7. The van der Waals surface area contributed by atoms with Crippen LogP contribution in [0.3, 0.4) is 0 Å². The molecule has 20 heavy (non-hydrogen) atoms. The number of hydrogen-bond acceptors (Lipinski definition) is 2. The summed E-state index contributed by atoms with van der Waals surface area (Å²) in [6, 6.07) is 5.80. The monoisotopic (exact) mass is 359 g/mol. The Morgan fingerprint density at radius 3 is 2.50 bits per heavy atom. The quantitative estimate of drug-likeness (QED) is 0.685. The molecule has 0 bridgehead atoms. The molecular weight excluding hydrogens is 338 g/mol. The lowest BCUT2D eigenvalue weighted by Crippen LogP contribution is -2.40. The largest absolute Gasteiger partial charge is 0.303 e. The number of Topliss-reactive ketones (excluding diaryl/α,β-unsaturated/α-hetero) is 1. The van der Waals surface area contributed by atoms with Crippen molar-refractivity contribution < 1.29 is 4.79 Å². The standard InChI is InChI=1S/C16H23BrClNO/c1-11(16(2,3)4)19(5)9-8-15(20)13-7-6-12(17)10-14(13)18/h6-7,10-11H,8-9H2,1-5H3. The molecule has 1 unspecified atom stereocenters. The number of rotatable bonds is 5. The van der Waals surface area contributed by atoms with Gasteiger partial charge in [-0.05, 0) is 37.6 Å². The highest BCUT2D eigenvalue weighted by atomic mass is 79.9. The van der Waals surface area contributed by atoms with Crippen LogP contribution in [0, 0.1) is 5.41 Å². The predicted molar refractivity (Wildman–Crippen MR) is 89.6 cm³/mol. The molecule has 0 fully saturated rings. The van der Waals surface area contributed by atoms with Crippen LogP contribution in [0.15, 0.2) is 22.7 Å². The number of carbonyl (C=O) groups excluding carboxylic acids is 1. The average molecular weight is 361 g/mol. The van der Waals surface area contributed by atoms with Crippen molar-refractivity contribution in [2.24, 2.45) is 5.41 Å². The van der Waals surface area contributed by atoms with Crippen molar-refractivity contribution in [1.82, 2.24) is 4.90 Å². The molecule has 0 saturated carbocycles. The van der Waals surface area contributed by atoms with Gasteiger partial charge in [0, 0.05) is 29.0 Å². The molecule has 0 N–H and O–H groups in total. The molecule has 1 aromatic rings. The predicted octanol–water partition coefficient (Wildman–Crippen LogP) is 5.04. The van der Waals surface area contributed by atoms with Crippen LogP contribution in [0.5, 0.6) is 0 Å². The number of carbonyl (C=O) groups is 1. The van der Waals surface area contributed by atoms with Gasteiger partial charge in [0.2, 0.25) is 0 Å². The second kappa shape index (κ2) is 7.06. The number of hydrogen-bond donors (Lipinski definition) is 0. The molecular formula is C16H23BrClNO. The van der Waals surface area contributed by atoms with Crippen molar-refractivity contribution >= 4 is 33.3 Å². The van der Waals surface area contributed by atoms with E-state index in [9.17, 15) is 4.79 Å². The summed E-state index contributed by atoms with van der Waals surface area (Å²) in [5.74, 6) is 0.0930. The highest BCUT2D eigenvalue weighted by Crippen LogP contribution is 2.25. The van der Waals surface area contributed by atoms with Gasteiger partial charge in [0.05, 0.1) is 5.02 Å². The zero-order valence-corrected chi connectivity index (χ0v) is 15.2. The van der Waals surface area contributed by atoms with Gasteiger partial charge in [0.25, 0.3) is 0 Å². The lowest BCUT2D eigenvalue weighted by atomic mass is 9.87. The fraction of sp³-hybridized carbons (Fsp3) is 0.562. The van der Waals surface area contributed by atoms with Crippen molar-refractivity contribution in [2.75, 3.05) is 13.6 Å². The van der Waals surface area contributed by atoms with E-state index in [1.165, 1.54) is 0 Å². The van der Waals surface area contributed by atoms with Crippen LogP contribution in [0.2, 0.25) is 5.02 Å². The molecule has 0 aliphatic rings. The van der Waals surface area contributed by atoms with E-state index in [2.05, 4.69) is 55.6 Å². The van der Waals surface area contributed by atoms with Crippen LogP contribution in [-0.4, -0.2) is 30.3 Å². The number of benzene rings is 1. The summed E-state index contributed by atoms with van der Waals surface area (Å²) >= 11 is 9.45. The van der Waals surface area contributed by atoms with Crippen LogP contribution in [0.4, 0.5) is 0 Å². The lowest BCUT2D eigenvalue weighted by Gasteiger charge is -2.35. The summed E-state index contributed by atoms with van der Waals surface area (Å²) in [5.41, 5.74) is 0.805. The van der Waals surface area contributed by atoms with Crippen molar-refractivity contribution in [2.45, 2.75) is 40.2 Å². The van der Waals surface area contributed by atoms with Gasteiger partial charge in [0.15, 0.2) is 5.78 Å². The van der Waals surface area contributed by atoms with E-state index >= 15 is 0 Å². The molecule has 112 valence electrons. The summed E-state index contributed by atoms with van der Waals surface area (Å²) in [6.45, 7) is 9.56. The molecule has 0 saturated heterocycles. The van der Waals surface area contributed by atoms with Crippen LogP contribution in [-0.2, 0) is 0 Å². The maximum atomic E-state index is 12.2. The summed E-state index contributed by atoms with van der Waals surface area (Å²) < 4.78 is 0.887. The van der Waals surface area contributed by atoms with Gasteiger partial charge >= 0.3 is 0 Å². The minimum Gasteiger partial charge on any atom is -0.303 e. The maximum absolute atomic E-state index is 12.2. The number of nitrogens with zero attached hydrogens (tertiary/aromatic N) is 1. The van der Waals surface area contributed by atoms with Crippen LogP contribution < -0.4 is 0 Å². The fourth-order valence-electron chi connectivity index (χ4n) is 1.98. The topological polar surface area (TPSA) is 20.3 Å². The fourth-order valence-corrected chi connectivity index (χ4v) is 2.76. The van der Waals surface area contributed by atoms with Gasteiger partial charge in [-0.2, -0.15) is 0 Å². The van der Waals surface area contributed by atoms with E-state index < -0.39 is 0 Å². The van der Waals surface area contributed by atoms with Crippen molar-refractivity contribution in [3.8, 4) is 0 Å². The first-order chi connectivity index (χ1) is 9.12. The first-order valence-corrected chi connectivity index (χ1v) is 7.98. The second-order valence-electron chi connectivity index (χ2n) is 6.32. The maximum Gasteiger partial charge on any atom is 0.165 e. The molecule has 0 aliphatic carbocycles. The molecule has 2 nitrogen and oxygen atoms in total. The minimum atomic E-state index is 0.0930. The molecule has 0 radical (unpaired) electrons. The molecule has 0 aliphatic heterocycles. The van der Waals surface area contributed by atoms with Crippen LogP contribution >= 0.6 is 27.5 Å². The normalized spacial score (nSPS) is 13.6. The molecule has 1 aromatic carbocycles. The smallest absolute Gasteiger partial charge is 0.165 e. The third-order valence-electron chi connectivity index (χ3n) is 3.84. The summed E-state index contributed by atoms with van der Waals surface area (Å²) in [4.78, 5) is 14.5. The van der Waals surface area contributed by atoms with E-state index in [0.717, 1.165) is 11.0 Å². The molecule has 0 amide bonds. The highest BCUT2D eigenvalue weighted by Gasteiger charge is 2.24. The second-order valence-corrected chi connectivity index (χ2v) is 7.64. The molecule has 1 rings (SSSR count). The number of ketones is 1. The Morgan fingerprint density at radius 1 is 1.40 bits per heavy atom. The molecule has 0 heterocycles. The van der Waals surface area contributed by atoms with Gasteiger partial charge in [-0.25, -0.2) is 0 Å². The van der Waals surface area contributed by atoms with Gasteiger partial charge in [-0.3, -0.25) is 4.79 Å². The van der Waals surface area contributed by atoms with Crippen molar-refractivity contribution in [1.29, 1.82) is 0 Å². The Balaban J connectivity index is 2.64. The number of halogens is 2. The van der Waals surface area contributed by atoms with Crippen LogP contribution in [0.25, 0.3) is 0 Å². The summed E-state index contributed by atoms with van der Waals surface area (Å²) in [7, 11) is 2.06. The average Bonchev–Trinajstić information content (AvgIpc) is 2.33. The molecule has 0 spiro atoms. The third-order valence-corrected chi connectivity index (χ3v) is 4.64. The summed E-state index contributed by atoms with van der Waals surface area (Å²) in [5, 5.41) is 0.510. The van der Waals surface area contributed by atoms with Crippen LogP contribution in [0.1, 0.15) is 44.5 Å². The van der Waals surface area contributed by atoms with Gasteiger partial charge in [-0.1, -0.05) is 48.3 Å². The lowest BCUT2D eigenvalue weighted by molar-refractivity contribution is 0.0928. The van der Waals surface area contributed by atoms with Crippen molar-refractivity contribution in [3.05, 3.63) is 33.3 Å². The van der Waals surface area contributed by atoms with Crippen molar-refractivity contribution in [3.63, 3.8) is 0 Å². The zero-order chi connectivity index (χ0) is 15.5. The van der Waals surface area contributed by atoms with E-state index in [0.29, 0.717) is 23.0 Å². The SMILES string of the molecule is CC(N(C)CCC(=O)c1ccc(Br)cc1Cl)C(C)(C)C. The highest BCUT2D eigenvalue weighted by molar-refractivity contribution is 9.10. The van der Waals surface area contributed by atoms with E-state index in [-0.39, 0.29) is 11.2 Å². The molecule has 1 atom stereocenters. The van der Waals surface area contributed by atoms with E-state index in [1.807, 2.05) is 6.07 Å². The molecule has 0 aromatic heterocycles. The van der Waals surface area contributed by atoms with Gasteiger partial charge in [0.1, 0.15) is 0 Å². The third kappa shape index (κ3) is 4.87. The minimum absolute atomic E-state index is 0.0930. The van der Waals surface area contributed by atoms with E-state index in [1.54, 1.807) is 12.1 Å². The Morgan fingerprint density at radius 2 is 2.00 bits per heavy atom. The van der Waals surface area contributed by atoms with E-state index in [4.69, 9.17) is 11.6 Å². The van der Waals surface area contributed by atoms with Gasteiger partial charge in [-0.15, -0.1) is 0 Å². The summed E-state index contributed by atoms with van der Waals surface area (Å²) in [6.07, 6.45) is 0.484.